The van der Waals surface area contributed by atoms with Gasteiger partial charge in [0.25, 0.3) is 0 Å². The van der Waals surface area contributed by atoms with Crippen molar-refractivity contribution in [1.29, 1.82) is 0 Å². The van der Waals surface area contributed by atoms with Crippen LogP contribution in [-0.4, -0.2) is 28.6 Å². The van der Waals surface area contributed by atoms with E-state index in [0.29, 0.717) is 17.7 Å². The van der Waals surface area contributed by atoms with Gasteiger partial charge in [0.05, 0.1) is 10.7 Å². The van der Waals surface area contributed by atoms with Gasteiger partial charge in [0.15, 0.2) is 6.61 Å². The zero-order valence-corrected chi connectivity index (χ0v) is 14.0. The molecule has 1 aromatic carbocycles. The van der Waals surface area contributed by atoms with E-state index in [1.807, 2.05) is 0 Å². The number of rotatable bonds is 3. The van der Waals surface area contributed by atoms with E-state index in [4.69, 9.17) is 33.0 Å². The molecule has 23 heavy (non-hydrogen) atoms. The molecule has 0 saturated heterocycles. The highest BCUT2D eigenvalue weighted by atomic mass is 35.5. The zero-order chi connectivity index (χ0) is 16.6. The Bertz CT molecular complexity index is 681. The number of oxime groups is 1. The molecule has 2 aliphatic rings. The Balaban J connectivity index is 2.04. The van der Waals surface area contributed by atoms with Crippen molar-refractivity contribution < 1.29 is 19.8 Å². The van der Waals surface area contributed by atoms with Crippen LogP contribution in [0.4, 0.5) is 0 Å². The minimum absolute atomic E-state index is 0.153. The SMILES string of the molecule is O=C(O)COc1cc2c(c(Cl)c1Cl)/C(=N\O)C1(CCCCC1)C2. The molecule has 2 N–H and O–H groups in total. The van der Waals surface area contributed by atoms with Crippen molar-refractivity contribution in [3.63, 3.8) is 0 Å². The molecule has 1 fully saturated rings. The Labute approximate surface area is 143 Å². The van der Waals surface area contributed by atoms with Crippen LogP contribution in [0.3, 0.4) is 0 Å². The first kappa shape index (κ1) is 16.4. The van der Waals surface area contributed by atoms with Crippen LogP contribution in [-0.2, 0) is 11.2 Å². The minimum atomic E-state index is -1.08. The fourth-order valence-corrected chi connectivity index (χ4v) is 4.31. The fraction of sp³-hybridized carbons (Fsp3) is 0.500. The third-order valence-electron chi connectivity index (χ3n) is 4.78. The summed E-state index contributed by atoms with van der Waals surface area (Å²) in [6.45, 7) is -0.485. The van der Waals surface area contributed by atoms with Crippen molar-refractivity contribution in [2.75, 3.05) is 6.61 Å². The van der Waals surface area contributed by atoms with Crippen LogP contribution < -0.4 is 4.74 Å². The smallest absolute Gasteiger partial charge is 0.341 e. The van der Waals surface area contributed by atoms with Gasteiger partial charge in [-0.15, -0.1) is 0 Å². The lowest BCUT2D eigenvalue weighted by Crippen LogP contribution is -2.31. The minimum Gasteiger partial charge on any atom is -0.480 e. The summed E-state index contributed by atoms with van der Waals surface area (Å²) in [4.78, 5) is 10.7. The number of aliphatic carboxylic acids is 1. The summed E-state index contributed by atoms with van der Waals surface area (Å²) >= 11 is 12.6. The van der Waals surface area contributed by atoms with Crippen molar-refractivity contribution in [2.45, 2.75) is 38.5 Å². The average Bonchev–Trinajstić information content (AvgIpc) is 2.82. The number of carbonyl (C=O) groups is 1. The first-order valence-electron chi connectivity index (χ1n) is 7.57. The molecule has 0 aromatic heterocycles. The predicted octanol–water partition coefficient (Wildman–Crippen LogP) is 4.14. The number of halogens is 2. The van der Waals surface area contributed by atoms with E-state index in [1.165, 1.54) is 6.42 Å². The van der Waals surface area contributed by atoms with Gasteiger partial charge in [-0.25, -0.2) is 4.79 Å². The van der Waals surface area contributed by atoms with Crippen LogP contribution in [0.1, 0.15) is 43.2 Å². The van der Waals surface area contributed by atoms with Crippen LogP contribution in [0, 0.1) is 5.41 Å². The monoisotopic (exact) mass is 357 g/mol. The number of benzene rings is 1. The first-order valence-corrected chi connectivity index (χ1v) is 8.32. The van der Waals surface area contributed by atoms with Crippen molar-refractivity contribution in [2.24, 2.45) is 10.6 Å². The topological polar surface area (TPSA) is 79.1 Å². The molecule has 1 spiro atoms. The van der Waals surface area contributed by atoms with Crippen molar-refractivity contribution in [3.8, 4) is 5.75 Å². The second-order valence-electron chi connectivity index (χ2n) is 6.19. The van der Waals surface area contributed by atoms with E-state index in [2.05, 4.69) is 5.16 Å². The lowest BCUT2D eigenvalue weighted by Gasteiger charge is -2.33. The number of hydrogen-bond donors (Lipinski definition) is 2. The molecular weight excluding hydrogens is 341 g/mol. The molecule has 0 bridgehead atoms. The Kier molecular flexibility index (Phi) is 4.43. The zero-order valence-electron chi connectivity index (χ0n) is 12.4. The molecule has 3 rings (SSSR count). The predicted molar refractivity (Wildman–Crippen MR) is 87.1 cm³/mol. The van der Waals surface area contributed by atoms with Crippen LogP contribution in [0.5, 0.6) is 5.75 Å². The Morgan fingerprint density at radius 1 is 1.26 bits per heavy atom. The van der Waals surface area contributed by atoms with Gasteiger partial charge in [-0.1, -0.05) is 47.6 Å². The maximum absolute atomic E-state index is 10.7. The Morgan fingerprint density at radius 2 is 1.96 bits per heavy atom. The molecule has 5 nitrogen and oxygen atoms in total. The van der Waals surface area contributed by atoms with Crippen LogP contribution in [0.25, 0.3) is 0 Å². The molecule has 0 atom stereocenters. The van der Waals surface area contributed by atoms with E-state index in [0.717, 1.165) is 31.2 Å². The standard InChI is InChI=1S/C16H17Cl2NO4/c17-13-10(23-8-11(20)21)6-9-7-16(4-2-1-3-5-16)15(19-22)12(9)14(13)18/h6,22H,1-5,7-8H2,(H,20,21)/b19-15+. The fourth-order valence-electron chi connectivity index (χ4n) is 3.80. The molecule has 7 heteroatoms. The summed E-state index contributed by atoms with van der Waals surface area (Å²) in [5, 5.41) is 22.3. The molecule has 0 unspecified atom stereocenters. The van der Waals surface area contributed by atoms with Crippen LogP contribution in [0.2, 0.25) is 10.0 Å². The molecule has 0 amide bonds. The maximum Gasteiger partial charge on any atom is 0.341 e. The van der Waals surface area contributed by atoms with Gasteiger partial charge in [0.1, 0.15) is 10.8 Å². The van der Waals surface area contributed by atoms with Gasteiger partial charge in [-0.2, -0.15) is 0 Å². The van der Waals surface area contributed by atoms with Crippen LogP contribution in [0.15, 0.2) is 11.2 Å². The summed E-state index contributed by atoms with van der Waals surface area (Å²) < 4.78 is 5.23. The molecule has 0 aliphatic heterocycles. The van der Waals surface area contributed by atoms with Crippen molar-refractivity contribution in [1.82, 2.24) is 0 Å². The number of nitrogens with zero attached hydrogens (tertiary/aromatic N) is 1. The Hall–Kier alpha value is -1.46. The van der Waals surface area contributed by atoms with Crippen molar-refractivity contribution >= 4 is 34.9 Å². The maximum atomic E-state index is 10.7. The normalized spacial score (nSPS) is 20.7. The van der Waals surface area contributed by atoms with E-state index in [9.17, 15) is 10.0 Å². The highest BCUT2D eigenvalue weighted by Crippen LogP contribution is 2.52. The Morgan fingerprint density at radius 3 is 2.57 bits per heavy atom. The van der Waals surface area contributed by atoms with Crippen LogP contribution >= 0.6 is 23.2 Å². The third-order valence-corrected chi connectivity index (χ3v) is 5.63. The molecule has 2 aliphatic carbocycles. The highest BCUT2D eigenvalue weighted by molar-refractivity contribution is 6.45. The molecule has 0 heterocycles. The highest BCUT2D eigenvalue weighted by Gasteiger charge is 2.46. The number of carboxylic acid groups (broad SMARTS) is 1. The molecule has 124 valence electrons. The number of fused-ring (bicyclic) bond motifs is 1. The average molecular weight is 358 g/mol. The second kappa shape index (κ2) is 6.21. The van der Waals surface area contributed by atoms with E-state index in [-0.39, 0.29) is 21.2 Å². The van der Waals surface area contributed by atoms with Gasteiger partial charge >= 0.3 is 5.97 Å². The molecule has 0 radical (unpaired) electrons. The van der Waals surface area contributed by atoms with Gasteiger partial charge < -0.3 is 15.1 Å². The molecule has 1 saturated carbocycles. The van der Waals surface area contributed by atoms with Gasteiger partial charge in [-0.05, 0) is 30.9 Å². The lowest BCUT2D eigenvalue weighted by molar-refractivity contribution is -0.139. The lowest BCUT2D eigenvalue weighted by atomic mass is 9.71. The van der Waals surface area contributed by atoms with Gasteiger partial charge in [0.2, 0.25) is 0 Å². The molecular formula is C16H17Cl2NO4. The molecule has 1 aromatic rings. The second-order valence-corrected chi connectivity index (χ2v) is 6.94. The first-order chi connectivity index (χ1) is 11.0. The summed E-state index contributed by atoms with van der Waals surface area (Å²) in [5.74, 6) is -0.831. The largest absolute Gasteiger partial charge is 0.480 e. The summed E-state index contributed by atoms with van der Waals surface area (Å²) in [7, 11) is 0. The van der Waals surface area contributed by atoms with E-state index >= 15 is 0 Å². The third kappa shape index (κ3) is 2.76. The quantitative estimate of drug-likeness (QED) is 0.629. The van der Waals surface area contributed by atoms with E-state index in [1.54, 1.807) is 6.07 Å². The van der Waals surface area contributed by atoms with E-state index < -0.39 is 12.6 Å². The number of carboxylic acids is 1. The van der Waals surface area contributed by atoms with Gasteiger partial charge in [-0.3, -0.25) is 0 Å². The summed E-state index contributed by atoms with van der Waals surface area (Å²) in [6.07, 6.45) is 5.95. The number of ether oxygens (including phenoxy) is 1. The summed E-state index contributed by atoms with van der Waals surface area (Å²) in [5.41, 5.74) is 1.97. The summed E-state index contributed by atoms with van der Waals surface area (Å²) in [6, 6.07) is 1.72. The van der Waals surface area contributed by atoms with Gasteiger partial charge in [0, 0.05) is 11.0 Å². The van der Waals surface area contributed by atoms with Crippen molar-refractivity contribution in [3.05, 3.63) is 27.2 Å². The number of hydrogen-bond acceptors (Lipinski definition) is 4.